The lowest BCUT2D eigenvalue weighted by molar-refractivity contribution is -0.385. The first-order valence-electron chi connectivity index (χ1n) is 13.2. The Labute approximate surface area is 246 Å². The van der Waals surface area contributed by atoms with Crippen molar-refractivity contribution in [2.24, 2.45) is 0 Å². The highest BCUT2D eigenvalue weighted by Gasteiger charge is 2.45. The Hall–Kier alpha value is -3.70. The summed E-state index contributed by atoms with van der Waals surface area (Å²) in [5.41, 5.74) is -0.222. The summed E-state index contributed by atoms with van der Waals surface area (Å²) in [6.45, 7) is 1.55. The molecule has 2 aromatic rings. The number of esters is 1. The molecule has 0 radical (unpaired) electrons. The molecule has 232 valence electrons. The van der Waals surface area contributed by atoms with Crippen LogP contribution in [0.25, 0.3) is 0 Å². The van der Waals surface area contributed by atoms with E-state index in [2.05, 4.69) is 5.32 Å². The number of nitro groups is 1. The molecule has 0 aromatic heterocycles. The second-order valence-corrected chi connectivity index (χ2v) is 11.8. The van der Waals surface area contributed by atoms with Crippen molar-refractivity contribution in [3.63, 3.8) is 0 Å². The Balaban J connectivity index is 1.64. The average Bonchev–Trinajstić information content (AvgIpc) is 2.98. The molecule has 15 heteroatoms. The quantitative estimate of drug-likeness (QED) is 0.107. The fourth-order valence-electron chi connectivity index (χ4n) is 5.10. The first-order chi connectivity index (χ1) is 20.4. The molecule has 2 aromatic carbocycles. The summed E-state index contributed by atoms with van der Waals surface area (Å²) in [5, 5.41) is 54.2. The van der Waals surface area contributed by atoms with Gasteiger partial charge in [-0.05, 0) is 26.0 Å². The summed E-state index contributed by atoms with van der Waals surface area (Å²) in [4.78, 5) is 24.6. The number of dihydropyridines is 1. The van der Waals surface area contributed by atoms with Crippen LogP contribution in [0, 0.1) is 10.1 Å². The molecule has 0 spiro atoms. The molecule has 0 bridgehead atoms. The number of hydrogen-bond acceptors (Lipinski definition) is 13. The van der Waals surface area contributed by atoms with E-state index in [0.717, 1.165) is 0 Å². The van der Waals surface area contributed by atoms with Crippen LogP contribution in [0.4, 0.5) is 5.69 Å². The van der Waals surface area contributed by atoms with E-state index < -0.39 is 76.3 Å². The van der Waals surface area contributed by atoms with Crippen molar-refractivity contribution in [3.8, 4) is 0 Å². The SMILES string of the molecule is CC1=C(C(=O)OCCO[C@H]2O[C@H](CO)[C@@H](O)[C@H](O)[C@H]2O)C(c2ccccc2[N+](=O)[O-])C(S(=O)(=O)c2ccccc2)=C(C)N1. The van der Waals surface area contributed by atoms with E-state index in [4.69, 9.17) is 14.2 Å². The van der Waals surface area contributed by atoms with Crippen LogP contribution in [-0.2, 0) is 28.8 Å². The predicted octanol–water partition coefficient (Wildman–Crippen LogP) is 0.621. The summed E-state index contributed by atoms with van der Waals surface area (Å²) >= 11 is 0. The Bertz CT molecular complexity index is 1520. The van der Waals surface area contributed by atoms with Gasteiger partial charge in [0.1, 0.15) is 31.0 Å². The van der Waals surface area contributed by atoms with Gasteiger partial charge in [0.2, 0.25) is 9.84 Å². The zero-order valence-electron chi connectivity index (χ0n) is 23.2. The van der Waals surface area contributed by atoms with Crippen LogP contribution in [0.15, 0.2) is 81.4 Å². The van der Waals surface area contributed by atoms with E-state index in [9.17, 15) is 43.8 Å². The van der Waals surface area contributed by atoms with Gasteiger partial charge in [-0.1, -0.05) is 36.4 Å². The molecule has 0 amide bonds. The van der Waals surface area contributed by atoms with Crippen LogP contribution < -0.4 is 5.32 Å². The number of hydrogen-bond donors (Lipinski definition) is 5. The molecule has 14 nitrogen and oxygen atoms in total. The average molecular weight is 621 g/mol. The highest BCUT2D eigenvalue weighted by atomic mass is 32.2. The van der Waals surface area contributed by atoms with Crippen molar-refractivity contribution in [3.05, 3.63) is 92.1 Å². The lowest BCUT2D eigenvalue weighted by Gasteiger charge is -2.39. The molecule has 2 aliphatic heterocycles. The van der Waals surface area contributed by atoms with Gasteiger partial charge < -0.3 is 40.0 Å². The topological polar surface area (TPSA) is 215 Å². The molecule has 0 aliphatic carbocycles. The molecular formula is C28H32N2O12S. The molecule has 43 heavy (non-hydrogen) atoms. The number of rotatable bonds is 10. The third-order valence-corrected chi connectivity index (χ3v) is 9.17. The number of ether oxygens (including phenoxy) is 3. The Kier molecular flexibility index (Phi) is 9.96. The summed E-state index contributed by atoms with van der Waals surface area (Å²) in [7, 11) is -4.29. The van der Waals surface area contributed by atoms with Crippen LogP contribution in [0.1, 0.15) is 25.3 Å². The van der Waals surface area contributed by atoms with Gasteiger partial charge in [0, 0.05) is 23.0 Å². The smallest absolute Gasteiger partial charge is 0.336 e. The maximum absolute atomic E-state index is 13.9. The van der Waals surface area contributed by atoms with Crippen LogP contribution in [0.5, 0.6) is 0 Å². The Morgan fingerprint density at radius 2 is 1.63 bits per heavy atom. The minimum absolute atomic E-state index is 0.0354. The van der Waals surface area contributed by atoms with E-state index in [-0.39, 0.29) is 38.9 Å². The van der Waals surface area contributed by atoms with Crippen molar-refractivity contribution in [1.82, 2.24) is 5.32 Å². The van der Waals surface area contributed by atoms with Gasteiger partial charge in [0.15, 0.2) is 6.29 Å². The fourth-order valence-corrected chi connectivity index (χ4v) is 6.88. The van der Waals surface area contributed by atoms with Crippen LogP contribution >= 0.6 is 0 Å². The van der Waals surface area contributed by atoms with Crippen molar-refractivity contribution in [2.45, 2.75) is 55.4 Å². The fraction of sp³-hybridized carbons (Fsp3) is 0.393. The van der Waals surface area contributed by atoms with E-state index in [1.54, 1.807) is 6.07 Å². The molecule has 2 heterocycles. The van der Waals surface area contributed by atoms with E-state index >= 15 is 0 Å². The van der Waals surface area contributed by atoms with Gasteiger partial charge in [-0.2, -0.15) is 0 Å². The minimum Gasteiger partial charge on any atom is -0.460 e. The summed E-state index contributed by atoms with van der Waals surface area (Å²) in [6.07, 6.45) is -7.57. The molecular weight excluding hydrogens is 588 g/mol. The minimum atomic E-state index is -4.29. The van der Waals surface area contributed by atoms with E-state index in [0.29, 0.717) is 0 Å². The number of allylic oxidation sites excluding steroid dienone is 3. The number of nitrogens with one attached hydrogen (secondary N) is 1. The predicted molar refractivity (Wildman–Crippen MR) is 149 cm³/mol. The number of aliphatic hydroxyl groups is 4. The van der Waals surface area contributed by atoms with Crippen LogP contribution in [0.2, 0.25) is 0 Å². The van der Waals surface area contributed by atoms with Crippen molar-refractivity contribution < 1.29 is 52.8 Å². The van der Waals surface area contributed by atoms with Crippen molar-refractivity contribution >= 4 is 21.5 Å². The highest BCUT2D eigenvalue weighted by Crippen LogP contribution is 2.45. The number of sulfone groups is 1. The maximum Gasteiger partial charge on any atom is 0.336 e. The number of carbonyl (C=O) groups is 1. The zero-order chi connectivity index (χ0) is 31.5. The van der Waals surface area contributed by atoms with Crippen LogP contribution in [0.3, 0.4) is 0 Å². The summed E-state index contributed by atoms with van der Waals surface area (Å²) in [5.74, 6) is -2.40. The normalized spacial score (nSPS) is 26.2. The number of carbonyl (C=O) groups excluding carboxylic acids is 1. The molecule has 2 aliphatic rings. The van der Waals surface area contributed by atoms with Gasteiger partial charge in [-0.15, -0.1) is 0 Å². The van der Waals surface area contributed by atoms with Crippen molar-refractivity contribution in [1.29, 1.82) is 0 Å². The molecule has 1 fully saturated rings. The lowest BCUT2D eigenvalue weighted by Crippen LogP contribution is -2.59. The van der Waals surface area contributed by atoms with Gasteiger partial charge >= 0.3 is 5.97 Å². The van der Waals surface area contributed by atoms with Crippen LogP contribution in [-0.4, -0.2) is 90.3 Å². The molecule has 4 rings (SSSR count). The van der Waals surface area contributed by atoms with Gasteiger partial charge in [-0.25, -0.2) is 13.2 Å². The highest BCUT2D eigenvalue weighted by molar-refractivity contribution is 7.95. The first-order valence-corrected chi connectivity index (χ1v) is 14.7. The van der Waals surface area contributed by atoms with E-state index in [1.165, 1.54) is 62.4 Å². The number of aliphatic hydroxyl groups excluding tert-OH is 4. The first kappa shape index (κ1) is 32.2. The van der Waals surface area contributed by atoms with Gasteiger partial charge in [0.05, 0.1) is 39.4 Å². The molecule has 1 unspecified atom stereocenters. The molecule has 1 saturated heterocycles. The number of nitrogens with zero attached hydrogens (tertiary/aromatic N) is 1. The van der Waals surface area contributed by atoms with E-state index in [1.807, 2.05) is 0 Å². The summed E-state index contributed by atoms with van der Waals surface area (Å²) in [6, 6.07) is 13.0. The lowest BCUT2D eigenvalue weighted by atomic mass is 9.85. The monoisotopic (exact) mass is 620 g/mol. The largest absolute Gasteiger partial charge is 0.460 e. The molecule has 0 saturated carbocycles. The summed E-state index contributed by atoms with van der Waals surface area (Å²) < 4.78 is 43.9. The second kappa shape index (κ2) is 13.3. The van der Waals surface area contributed by atoms with Crippen molar-refractivity contribution in [2.75, 3.05) is 19.8 Å². The van der Waals surface area contributed by atoms with Gasteiger partial charge in [-0.3, -0.25) is 10.1 Å². The maximum atomic E-state index is 13.9. The number of nitro benzene ring substituents is 1. The number of para-hydroxylation sites is 1. The molecule has 5 N–H and O–H groups in total. The third kappa shape index (κ3) is 6.47. The Morgan fingerprint density at radius 1 is 0.977 bits per heavy atom. The Morgan fingerprint density at radius 3 is 2.28 bits per heavy atom. The van der Waals surface area contributed by atoms with Gasteiger partial charge in [0.25, 0.3) is 5.69 Å². The third-order valence-electron chi connectivity index (χ3n) is 7.15. The second-order valence-electron chi connectivity index (χ2n) is 9.92. The number of benzene rings is 2. The standard InChI is InChI=1S/C28H32N2O12S/c1-15-21(27(35)40-12-13-41-28-25(34)24(33)23(32)20(14-31)42-28)22(18-10-6-7-11-19(18)30(36)37)26(16(2)29-15)43(38,39)17-8-4-3-5-9-17/h3-11,20,22-25,28-29,31-34H,12-14H2,1-2H3/t20-,22?,23-,24+,25-,28+/m1/s1. The zero-order valence-corrected chi connectivity index (χ0v) is 24.0. The molecule has 6 atom stereocenters.